The normalized spacial score (nSPS) is 12.7. The Bertz CT molecular complexity index is 529. The zero-order valence-electron chi connectivity index (χ0n) is 12.5. The Kier molecular flexibility index (Phi) is 4.11. The fraction of sp³-hybridized carbons (Fsp3) is 0.412. The van der Waals surface area contributed by atoms with Gasteiger partial charge in [0.2, 0.25) is 0 Å². The standard InChI is InChI=1S/C17H23NO/c1-6-18-17(15-8-7-9-19-15)16-13(4)11(2)10-12(3)14(16)5/h7-10,17-18H,6H2,1-5H3. The SMILES string of the molecule is CCNC(c1ccco1)c1c(C)c(C)cc(C)c1C. The number of furan rings is 1. The van der Waals surface area contributed by atoms with E-state index in [1.54, 1.807) is 6.26 Å². The highest BCUT2D eigenvalue weighted by Crippen LogP contribution is 2.31. The number of nitrogens with one attached hydrogen (secondary N) is 1. The molecule has 0 amide bonds. The number of aryl methyl sites for hydroxylation is 2. The van der Waals surface area contributed by atoms with E-state index in [-0.39, 0.29) is 6.04 Å². The van der Waals surface area contributed by atoms with Gasteiger partial charge in [0.15, 0.2) is 0 Å². The fourth-order valence-corrected chi connectivity index (χ4v) is 2.68. The van der Waals surface area contributed by atoms with E-state index in [9.17, 15) is 0 Å². The number of hydrogen-bond donors (Lipinski definition) is 1. The summed E-state index contributed by atoms with van der Waals surface area (Å²) in [5.41, 5.74) is 6.74. The minimum atomic E-state index is 0.138. The van der Waals surface area contributed by atoms with Crippen LogP contribution in [0.3, 0.4) is 0 Å². The lowest BCUT2D eigenvalue weighted by molar-refractivity contribution is 0.450. The molecule has 1 atom stereocenters. The van der Waals surface area contributed by atoms with Gasteiger partial charge in [0.25, 0.3) is 0 Å². The Morgan fingerprint density at radius 3 is 2.21 bits per heavy atom. The maximum absolute atomic E-state index is 5.63. The Hall–Kier alpha value is -1.54. The van der Waals surface area contributed by atoms with Crippen LogP contribution in [0.25, 0.3) is 0 Å². The molecule has 2 aromatic rings. The zero-order chi connectivity index (χ0) is 14.0. The highest BCUT2D eigenvalue weighted by Gasteiger charge is 2.21. The molecule has 0 aliphatic rings. The van der Waals surface area contributed by atoms with E-state index in [2.05, 4.69) is 46.0 Å². The fourth-order valence-electron chi connectivity index (χ4n) is 2.68. The maximum atomic E-state index is 5.63. The average Bonchev–Trinajstić information content (AvgIpc) is 2.89. The summed E-state index contributed by atoms with van der Waals surface area (Å²) >= 11 is 0. The van der Waals surface area contributed by atoms with E-state index in [4.69, 9.17) is 4.42 Å². The van der Waals surface area contributed by atoms with Crippen molar-refractivity contribution in [1.82, 2.24) is 5.32 Å². The predicted octanol–water partition coefficient (Wildman–Crippen LogP) is 4.21. The second kappa shape index (κ2) is 5.62. The molecule has 0 radical (unpaired) electrons. The molecule has 0 aliphatic carbocycles. The summed E-state index contributed by atoms with van der Waals surface area (Å²) in [6, 6.07) is 6.40. The van der Waals surface area contributed by atoms with Gasteiger partial charge in [0.1, 0.15) is 5.76 Å². The smallest absolute Gasteiger partial charge is 0.125 e. The van der Waals surface area contributed by atoms with Crippen LogP contribution in [-0.4, -0.2) is 6.54 Å². The molecule has 0 bridgehead atoms. The lowest BCUT2D eigenvalue weighted by Crippen LogP contribution is -2.24. The van der Waals surface area contributed by atoms with E-state index in [1.165, 1.54) is 27.8 Å². The first-order chi connectivity index (χ1) is 9.06. The van der Waals surface area contributed by atoms with Gasteiger partial charge in [-0.1, -0.05) is 13.0 Å². The van der Waals surface area contributed by atoms with Crippen LogP contribution in [0.2, 0.25) is 0 Å². The zero-order valence-corrected chi connectivity index (χ0v) is 12.5. The number of rotatable bonds is 4. The lowest BCUT2D eigenvalue weighted by atomic mass is 9.88. The third kappa shape index (κ3) is 2.59. The van der Waals surface area contributed by atoms with Crippen LogP contribution in [0.4, 0.5) is 0 Å². The van der Waals surface area contributed by atoms with Crippen LogP contribution in [-0.2, 0) is 0 Å². The Morgan fingerprint density at radius 2 is 1.74 bits per heavy atom. The predicted molar refractivity (Wildman–Crippen MR) is 79.6 cm³/mol. The largest absolute Gasteiger partial charge is 0.467 e. The van der Waals surface area contributed by atoms with Crippen molar-refractivity contribution >= 4 is 0 Å². The van der Waals surface area contributed by atoms with E-state index in [0.29, 0.717) is 0 Å². The van der Waals surface area contributed by atoms with Crippen molar-refractivity contribution < 1.29 is 4.42 Å². The maximum Gasteiger partial charge on any atom is 0.125 e. The van der Waals surface area contributed by atoms with Gasteiger partial charge < -0.3 is 9.73 Å². The molecule has 1 heterocycles. The van der Waals surface area contributed by atoms with E-state index < -0.39 is 0 Å². The third-order valence-corrected chi connectivity index (χ3v) is 3.95. The van der Waals surface area contributed by atoms with Crippen LogP contribution >= 0.6 is 0 Å². The van der Waals surface area contributed by atoms with Crippen molar-refractivity contribution in [3.05, 3.63) is 58.0 Å². The molecule has 1 aromatic carbocycles. The first kappa shape index (κ1) is 13.9. The minimum absolute atomic E-state index is 0.138. The average molecular weight is 257 g/mol. The van der Waals surface area contributed by atoms with Crippen molar-refractivity contribution in [3.63, 3.8) is 0 Å². The molecule has 0 saturated heterocycles. The molecule has 0 saturated carbocycles. The second-order valence-electron chi connectivity index (χ2n) is 5.18. The molecule has 102 valence electrons. The van der Waals surface area contributed by atoms with Crippen LogP contribution in [0.1, 0.15) is 46.5 Å². The van der Waals surface area contributed by atoms with Crippen LogP contribution < -0.4 is 5.32 Å². The molecule has 1 N–H and O–H groups in total. The molecular weight excluding hydrogens is 234 g/mol. The summed E-state index contributed by atoms with van der Waals surface area (Å²) in [6.45, 7) is 11.8. The summed E-state index contributed by atoms with van der Waals surface area (Å²) in [5.74, 6) is 0.984. The molecule has 2 nitrogen and oxygen atoms in total. The van der Waals surface area contributed by atoms with Gasteiger partial charge >= 0.3 is 0 Å². The second-order valence-corrected chi connectivity index (χ2v) is 5.18. The Labute approximate surface area is 115 Å². The molecule has 19 heavy (non-hydrogen) atoms. The van der Waals surface area contributed by atoms with E-state index >= 15 is 0 Å². The first-order valence-electron chi connectivity index (χ1n) is 6.90. The number of hydrogen-bond acceptors (Lipinski definition) is 2. The van der Waals surface area contributed by atoms with Gasteiger partial charge in [-0.2, -0.15) is 0 Å². The summed E-state index contributed by atoms with van der Waals surface area (Å²) in [4.78, 5) is 0. The minimum Gasteiger partial charge on any atom is -0.467 e. The Morgan fingerprint density at radius 1 is 1.11 bits per heavy atom. The van der Waals surface area contributed by atoms with Gasteiger partial charge in [0.05, 0.1) is 12.3 Å². The van der Waals surface area contributed by atoms with Crippen LogP contribution in [0.15, 0.2) is 28.9 Å². The van der Waals surface area contributed by atoms with Crippen molar-refractivity contribution in [2.24, 2.45) is 0 Å². The molecule has 1 unspecified atom stereocenters. The summed E-state index contributed by atoms with van der Waals surface area (Å²) in [5, 5.41) is 3.54. The van der Waals surface area contributed by atoms with Crippen LogP contribution in [0, 0.1) is 27.7 Å². The molecule has 2 heteroatoms. The molecule has 0 fully saturated rings. The topological polar surface area (TPSA) is 25.2 Å². The highest BCUT2D eigenvalue weighted by atomic mass is 16.3. The summed E-state index contributed by atoms with van der Waals surface area (Å²) in [6.07, 6.45) is 1.74. The van der Waals surface area contributed by atoms with Gasteiger partial charge in [-0.15, -0.1) is 0 Å². The monoisotopic (exact) mass is 257 g/mol. The quantitative estimate of drug-likeness (QED) is 0.887. The molecule has 0 aliphatic heterocycles. The Balaban J connectivity index is 2.60. The van der Waals surface area contributed by atoms with Gasteiger partial charge in [-0.3, -0.25) is 0 Å². The van der Waals surface area contributed by atoms with Crippen molar-refractivity contribution in [2.45, 2.75) is 40.7 Å². The van der Waals surface area contributed by atoms with Crippen LogP contribution in [0.5, 0.6) is 0 Å². The van der Waals surface area contributed by atoms with E-state index in [0.717, 1.165) is 12.3 Å². The van der Waals surface area contributed by atoms with Gasteiger partial charge in [-0.25, -0.2) is 0 Å². The summed E-state index contributed by atoms with van der Waals surface area (Å²) < 4.78 is 5.63. The third-order valence-electron chi connectivity index (χ3n) is 3.95. The summed E-state index contributed by atoms with van der Waals surface area (Å²) in [7, 11) is 0. The van der Waals surface area contributed by atoms with Crippen molar-refractivity contribution in [3.8, 4) is 0 Å². The molecule has 0 spiro atoms. The number of benzene rings is 1. The van der Waals surface area contributed by atoms with E-state index in [1.807, 2.05) is 12.1 Å². The molecule has 1 aromatic heterocycles. The molecule has 2 rings (SSSR count). The lowest BCUT2D eigenvalue weighted by Gasteiger charge is -2.23. The van der Waals surface area contributed by atoms with Crippen molar-refractivity contribution in [2.75, 3.05) is 6.54 Å². The van der Waals surface area contributed by atoms with Gasteiger partial charge in [-0.05, 0) is 74.2 Å². The van der Waals surface area contributed by atoms with Crippen molar-refractivity contribution in [1.29, 1.82) is 0 Å². The highest BCUT2D eigenvalue weighted by molar-refractivity contribution is 5.47. The first-order valence-corrected chi connectivity index (χ1v) is 6.90. The molecular formula is C17H23NO. The van der Waals surface area contributed by atoms with Gasteiger partial charge in [0, 0.05) is 0 Å².